The van der Waals surface area contributed by atoms with E-state index in [0.717, 1.165) is 10.0 Å². The van der Waals surface area contributed by atoms with Crippen molar-refractivity contribution in [3.05, 3.63) is 63.4 Å². The third-order valence-electron chi connectivity index (χ3n) is 3.03. The van der Waals surface area contributed by atoms with Crippen LogP contribution in [0.25, 0.3) is 0 Å². The van der Waals surface area contributed by atoms with Crippen molar-refractivity contribution in [2.24, 2.45) is 0 Å². The number of hydrogen-bond acceptors (Lipinski definition) is 2. The highest BCUT2D eigenvalue weighted by atomic mass is 79.9. The summed E-state index contributed by atoms with van der Waals surface area (Å²) < 4.78 is 19.2. The third kappa shape index (κ3) is 2.96. The minimum absolute atomic E-state index is 0.354. The van der Waals surface area contributed by atoms with Crippen LogP contribution in [0, 0.1) is 12.7 Å². The van der Waals surface area contributed by atoms with Gasteiger partial charge in [-0.1, -0.05) is 12.1 Å². The summed E-state index contributed by atoms with van der Waals surface area (Å²) in [5.74, 6) is 0.333. The average Bonchev–Trinajstić information content (AvgIpc) is 2.40. The second kappa shape index (κ2) is 5.72. The molecule has 2 nitrogen and oxygen atoms in total. The normalized spacial score (nSPS) is 12.3. The lowest BCUT2D eigenvalue weighted by molar-refractivity contribution is 0.219. The Morgan fingerprint density at radius 2 is 1.95 bits per heavy atom. The quantitative estimate of drug-likeness (QED) is 0.925. The number of ether oxygens (including phenoxy) is 1. The minimum atomic E-state index is -0.863. The summed E-state index contributed by atoms with van der Waals surface area (Å²) in [5, 5.41) is 10.4. The van der Waals surface area contributed by atoms with Crippen LogP contribution in [-0.4, -0.2) is 12.2 Å². The number of aliphatic hydroxyl groups excluding tert-OH is 1. The number of rotatable bonds is 3. The van der Waals surface area contributed by atoms with Gasteiger partial charge in [0.1, 0.15) is 17.7 Å². The van der Waals surface area contributed by atoms with E-state index in [1.165, 1.54) is 12.1 Å². The first-order chi connectivity index (χ1) is 9.02. The smallest absolute Gasteiger partial charge is 0.133 e. The van der Waals surface area contributed by atoms with Crippen LogP contribution in [0.1, 0.15) is 22.8 Å². The lowest BCUT2D eigenvalue weighted by Crippen LogP contribution is -2.03. The molecule has 0 radical (unpaired) electrons. The molecule has 0 aliphatic rings. The van der Waals surface area contributed by atoms with Crippen LogP contribution in [0.5, 0.6) is 5.75 Å². The largest absolute Gasteiger partial charge is 0.496 e. The molecule has 1 N–H and O–H groups in total. The van der Waals surface area contributed by atoms with Gasteiger partial charge >= 0.3 is 0 Å². The predicted octanol–water partition coefficient (Wildman–Crippen LogP) is 3.99. The molecule has 1 unspecified atom stereocenters. The highest BCUT2D eigenvalue weighted by Gasteiger charge is 2.15. The number of aryl methyl sites for hydroxylation is 1. The Kier molecular flexibility index (Phi) is 4.22. The lowest BCUT2D eigenvalue weighted by Gasteiger charge is -2.15. The van der Waals surface area contributed by atoms with Crippen molar-refractivity contribution in [2.75, 3.05) is 7.11 Å². The molecule has 2 aromatic rings. The SMILES string of the molecule is COc1ccc(C(O)c2cc(F)ccc2C)cc1Br. The molecule has 0 bridgehead atoms. The van der Waals surface area contributed by atoms with Gasteiger partial charge in [-0.05, 0) is 63.8 Å². The maximum absolute atomic E-state index is 13.3. The Morgan fingerprint density at radius 1 is 1.21 bits per heavy atom. The van der Waals surface area contributed by atoms with Gasteiger partial charge in [-0.15, -0.1) is 0 Å². The fraction of sp³-hybridized carbons (Fsp3) is 0.200. The Labute approximate surface area is 120 Å². The number of hydrogen-bond donors (Lipinski definition) is 1. The second-order valence-electron chi connectivity index (χ2n) is 4.30. The van der Waals surface area contributed by atoms with E-state index in [9.17, 15) is 9.50 Å². The van der Waals surface area contributed by atoms with E-state index in [-0.39, 0.29) is 5.82 Å². The molecular weight excluding hydrogens is 311 g/mol. The van der Waals surface area contributed by atoms with Gasteiger partial charge in [0.15, 0.2) is 0 Å². The fourth-order valence-electron chi connectivity index (χ4n) is 1.94. The van der Waals surface area contributed by atoms with E-state index in [4.69, 9.17) is 4.74 Å². The van der Waals surface area contributed by atoms with Crippen molar-refractivity contribution in [3.8, 4) is 5.75 Å². The molecule has 0 fully saturated rings. The van der Waals surface area contributed by atoms with Gasteiger partial charge in [-0.25, -0.2) is 4.39 Å². The van der Waals surface area contributed by atoms with E-state index in [2.05, 4.69) is 15.9 Å². The predicted molar refractivity (Wildman–Crippen MR) is 75.9 cm³/mol. The molecule has 0 saturated heterocycles. The first-order valence-electron chi connectivity index (χ1n) is 5.80. The summed E-state index contributed by atoms with van der Waals surface area (Å²) in [6.07, 6.45) is -0.863. The van der Waals surface area contributed by atoms with Gasteiger partial charge in [0.25, 0.3) is 0 Å². The summed E-state index contributed by atoms with van der Waals surface area (Å²) in [6, 6.07) is 9.70. The summed E-state index contributed by atoms with van der Waals surface area (Å²) in [5.41, 5.74) is 2.10. The van der Waals surface area contributed by atoms with Crippen LogP contribution in [0.3, 0.4) is 0 Å². The molecule has 0 amide bonds. The Bertz CT molecular complexity index is 599. The van der Waals surface area contributed by atoms with Crippen molar-refractivity contribution < 1.29 is 14.2 Å². The maximum atomic E-state index is 13.3. The standard InChI is InChI=1S/C15H14BrFO2/c1-9-3-5-11(17)8-12(9)15(18)10-4-6-14(19-2)13(16)7-10/h3-8,15,18H,1-2H3. The van der Waals surface area contributed by atoms with E-state index in [1.54, 1.807) is 31.4 Å². The topological polar surface area (TPSA) is 29.5 Å². The molecule has 0 aliphatic carbocycles. The molecule has 2 aromatic carbocycles. The van der Waals surface area contributed by atoms with Gasteiger partial charge in [0, 0.05) is 0 Å². The maximum Gasteiger partial charge on any atom is 0.133 e. The van der Waals surface area contributed by atoms with Crippen molar-refractivity contribution in [2.45, 2.75) is 13.0 Å². The monoisotopic (exact) mass is 324 g/mol. The zero-order valence-electron chi connectivity index (χ0n) is 10.7. The Hall–Kier alpha value is -1.39. The van der Waals surface area contributed by atoms with Crippen LogP contribution >= 0.6 is 15.9 Å². The van der Waals surface area contributed by atoms with Crippen molar-refractivity contribution in [1.29, 1.82) is 0 Å². The molecule has 0 spiro atoms. The molecule has 0 aromatic heterocycles. The first-order valence-corrected chi connectivity index (χ1v) is 6.59. The number of methoxy groups -OCH3 is 1. The van der Waals surface area contributed by atoms with Crippen molar-refractivity contribution in [3.63, 3.8) is 0 Å². The molecular formula is C15H14BrFO2. The van der Waals surface area contributed by atoms with Gasteiger partial charge in [0.2, 0.25) is 0 Å². The van der Waals surface area contributed by atoms with Crippen molar-refractivity contribution in [1.82, 2.24) is 0 Å². The molecule has 2 rings (SSSR count). The zero-order chi connectivity index (χ0) is 14.0. The summed E-state index contributed by atoms with van der Waals surface area (Å²) in [6.45, 7) is 1.84. The van der Waals surface area contributed by atoms with E-state index in [0.29, 0.717) is 16.9 Å². The van der Waals surface area contributed by atoms with E-state index in [1.807, 2.05) is 6.92 Å². The fourth-order valence-corrected chi connectivity index (χ4v) is 2.50. The molecule has 1 atom stereocenters. The molecule has 4 heteroatoms. The molecule has 0 aliphatic heterocycles. The Balaban J connectivity index is 2.41. The van der Waals surface area contributed by atoms with Gasteiger partial charge in [-0.3, -0.25) is 0 Å². The molecule has 0 heterocycles. The Morgan fingerprint density at radius 3 is 2.58 bits per heavy atom. The van der Waals surface area contributed by atoms with E-state index >= 15 is 0 Å². The third-order valence-corrected chi connectivity index (χ3v) is 3.65. The summed E-state index contributed by atoms with van der Waals surface area (Å²) in [7, 11) is 1.58. The summed E-state index contributed by atoms with van der Waals surface area (Å²) in [4.78, 5) is 0. The second-order valence-corrected chi connectivity index (χ2v) is 5.15. The summed E-state index contributed by atoms with van der Waals surface area (Å²) >= 11 is 3.37. The lowest BCUT2D eigenvalue weighted by atomic mass is 9.97. The number of benzene rings is 2. The number of aliphatic hydroxyl groups is 1. The highest BCUT2D eigenvalue weighted by Crippen LogP contribution is 2.31. The van der Waals surface area contributed by atoms with Gasteiger partial charge < -0.3 is 9.84 Å². The van der Waals surface area contributed by atoms with Crippen LogP contribution in [0.4, 0.5) is 4.39 Å². The van der Waals surface area contributed by atoms with E-state index < -0.39 is 6.10 Å². The van der Waals surface area contributed by atoms with Crippen LogP contribution < -0.4 is 4.74 Å². The van der Waals surface area contributed by atoms with Gasteiger partial charge in [0.05, 0.1) is 11.6 Å². The van der Waals surface area contributed by atoms with Crippen molar-refractivity contribution >= 4 is 15.9 Å². The molecule has 100 valence electrons. The minimum Gasteiger partial charge on any atom is -0.496 e. The molecule has 0 saturated carbocycles. The zero-order valence-corrected chi connectivity index (χ0v) is 12.2. The van der Waals surface area contributed by atoms with Crippen LogP contribution in [-0.2, 0) is 0 Å². The van der Waals surface area contributed by atoms with Crippen LogP contribution in [0.2, 0.25) is 0 Å². The number of halogens is 2. The average molecular weight is 325 g/mol. The first kappa shape index (κ1) is 14.0. The molecule has 19 heavy (non-hydrogen) atoms. The highest BCUT2D eigenvalue weighted by molar-refractivity contribution is 9.10. The van der Waals surface area contributed by atoms with Gasteiger partial charge in [-0.2, -0.15) is 0 Å². The van der Waals surface area contributed by atoms with Crippen LogP contribution in [0.15, 0.2) is 40.9 Å².